The van der Waals surface area contributed by atoms with E-state index < -0.39 is 5.82 Å². The van der Waals surface area contributed by atoms with Gasteiger partial charge in [0.1, 0.15) is 0 Å². The van der Waals surface area contributed by atoms with Crippen molar-refractivity contribution in [1.82, 2.24) is 4.90 Å². The average Bonchev–Trinajstić information content (AvgIpc) is 3.06. The molecule has 1 aliphatic rings. The molecule has 1 amide bonds. The molecule has 1 fully saturated rings. The van der Waals surface area contributed by atoms with E-state index >= 15 is 0 Å². The molecule has 28 heavy (non-hydrogen) atoms. The number of amides is 1. The third-order valence-corrected chi connectivity index (χ3v) is 5.32. The minimum Gasteiger partial charge on any atom is -0.448 e. The van der Waals surface area contributed by atoms with Gasteiger partial charge in [-0.15, -0.1) is 0 Å². The Morgan fingerprint density at radius 2 is 1.68 bits per heavy atom. The smallest absolute Gasteiger partial charge is 0.290 e. The van der Waals surface area contributed by atoms with E-state index in [-0.39, 0.29) is 23.0 Å². The molecule has 2 heterocycles. The number of rotatable bonds is 3. The number of piperazine rings is 1. The highest BCUT2D eigenvalue weighted by Gasteiger charge is 2.27. The molecule has 0 unspecified atom stereocenters. The monoisotopic (exact) mass is 380 g/mol. The van der Waals surface area contributed by atoms with Crippen LogP contribution in [0.2, 0.25) is 0 Å². The molecule has 5 nitrogen and oxygen atoms in total. The van der Waals surface area contributed by atoms with Crippen molar-refractivity contribution in [3.05, 3.63) is 65.2 Å². The highest BCUT2D eigenvalue weighted by molar-refractivity contribution is 5.99. The van der Waals surface area contributed by atoms with Gasteiger partial charge in [0.25, 0.3) is 5.91 Å². The Morgan fingerprint density at radius 3 is 2.29 bits per heavy atom. The molecular weight excluding hydrogens is 359 g/mol. The number of furan rings is 1. The fraction of sp³-hybridized carbons (Fsp3) is 0.273. The van der Waals surface area contributed by atoms with Crippen LogP contribution in [0.5, 0.6) is 0 Å². The molecule has 6 heteroatoms. The summed E-state index contributed by atoms with van der Waals surface area (Å²) in [6.45, 7) is 5.78. The van der Waals surface area contributed by atoms with Crippen LogP contribution >= 0.6 is 0 Å². The third-order valence-electron chi connectivity index (χ3n) is 5.32. The zero-order chi connectivity index (χ0) is 19.8. The second kappa shape index (κ2) is 7.11. The van der Waals surface area contributed by atoms with Crippen LogP contribution in [0.25, 0.3) is 11.0 Å². The number of carbonyl (C=O) groups is 2. The number of aryl methyl sites for hydroxylation is 1. The van der Waals surface area contributed by atoms with Crippen LogP contribution in [0, 0.1) is 12.7 Å². The van der Waals surface area contributed by atoms with Crippen LogP contribution in [-0.2, 0) is 0 Å². The van der Waals surface area contributed by atoms with E-state index in [4.69, 9.17) is 4.42 Å². The van der Waals surface area contributed by atoms with Gasteiger partial charge in [0, 0.05) is 48.4 Å². The SMILES string of the molecule is CC(=O)c1ccc(N2CCN(C(=O)c3oc4c(F)cccc4c3C)CC2)cc1. The fourth-order valence-electron chi connectivity index (χ4n) is 3.63. The molecule has 144 valence electrons. The number of hydrogen-bond acceptors (Lipinski definition) is 4. The second-order valence-corrected chi connectivity index (χ2v) is 7.06. The standard InChI is InChI=1S/C22H21FN2O3/c1-14-18-4-3-5-19(23)21(18)28-20(14)22(27)25-12-10-24(11-13-25)17-8-6-16(7-9-17)15(2)26/h3-9H,10-13H2,1-2H3. The number of hydrogen-bond donors (Lipinski definition) is 0. The van der Waals surface area contributed by atoms with E-state index in [0.29, 0.717) is 42.7 Å². The van der Waals surface area contributed by atoms with Gasteiger partial charge in [-0.2, -0.15) is 0 Å². The van der Waals surface area contributed by atoms with Crippen LogP contribution in [0.15, 0.2) is 46.9 Å². The normalized spacial score (nSPS) is 14.5. The summed E-state index contributed by atoms with van der Waals surface area (Å²) in [4.78, 5) is 28.2. The molecule has 1 aliphatic heterocycles. The molecule has 0 bridgehead atoms. The first-order valence-electron chi connectivity index (χ1n) is 9.28. The van der Waals surface area contributed by atoms with Gasteiger partial charge in [0.15, 0.2) is 22.9 Å². The molecule has 2 aromatic carbocycles. The number of benzene rings is 2. The molecule has 0 spiro atoms. The van der Waals surface area contributed by atoms with E-state index in [2.05, 4.69) is 4.90 Å². The van der Waals surface area contributed by atoms with E-state index in [1.165, 1.54) is 6.07 Å². The number of carbonyl (C=O) groups excluding carboxylic acids is 2. The number of nitrogens with zero attached hydrogens (tertiary/aromatic N) is 2. The third kappa shape index (κ3) is 3.15. The van der Waals surface area contributed by atoms with Crippen molar-refractivity contribution in [2.75, 3.05) is 31.1 Å². The molecular formula is C22H21FN2O3. The summed E-state index contributed by atoms with van der Waals surface area (Å²) in [5.74, 6) is -0.419. The van der Waals surface area contributed by atoms with Crippen molar-refractivity contribution in [3.63, 3.8) is 0 Å². The van der Waals surface area contributed by atoms with E-state index in [1.807, 2.05) is 24.3 Å². The first-order chi connectivity index (χ1) is 13.5. The zero-order valence-corrected chi connectivity index (χ0v) is 15.9. The van der Waals surface area contributed by atoms with Crippen molar-refractivity contribution in [1.29, 1.82) is 0 Å². The lowest BCUT2D eigenvalue weighted by Gasteiger charge is -2.35. The fourth-order valence-corrected chi connectivity index (χ4v) is 3.63. The number of fused-ring (bicyclic) bond motifs is 1. The molecule has 0 aliphatic carbocycles. The van der Waals surface area contributed by atoms with E-state index in [9.17, 15) is 14.0 Å². The summed E-state index contributed by atoms with van der Waals surface area (Å²) in [5, 5.41) is 0.632. The first kappa shape index (κ1) is 18.2. The molecule has 1 saturated heterocycles. The lowest BCUT2D eigenvalue weighted by molar-refractivity contribution is 0.0715. The van der Waals surface area contributed by atoms with Gasteiger partial charge >= 0.3 is 0 Å². The minimum atomic E-state index is -0.460. The van der Waals surface area contributed by atoms with Crippen LogP contribution in [-0.4, -0.2) is 42.8 Å². The van der Waals surface area contributed by atoms with Gasteiger partial charge in [-0.25, -0.2) is 4.39 Å². The maximum Gasteiger partial charge on any atom is 0.290 e. The Hall–Kier alpha value is -3.15. The lowest BCUT2D eigenvalue weighted by Crippen LogP contribution is -2.48. The molecule has 3 aromatic rings. The number of Topliss-reactive ketones (excluding diaryl/α,β-unsaturated/α-hetero) is 1. The van der Waals surface area contributed by atoms with E-state index in [0.717, 1.165) is 5.69 Å². The Morgan fingerprint density at radius 1 is 1.00 bits per heavy atom. The number of anilines is 1. The number of ketones is 1. The van der Waals surface area contributed by atoms with Crippen LogP contribution < -0.4 is 4.90 Å². The molecule has 0 N–H and O–H groups in total. The maximum atomic E-state index is 14.0. The number of para-hydroxylation sites is 1. The predicted octanol–water partition coefficient (Wildman–Crippen LogP) is 4.05. The van der Waals surface area contributed by atoms with Gasteiger partial charge in [-0.05, 0) is 44.2 Å². The Balaban J connectivity index is 1.48. The van der Waals surface area contributed by atoms with Gasteiger partial charge in [-0.3, -0.25) is 9.59 Å². The molecule has 0 atom stereocenters. The second-order valence-electron chi connectivity index (χ2n) is 7.06. The van der Waals surface area contributed by atoms with Crippen molar-refractivity contribution < 1.29 is 18.4 Å². The quantitative estimate of drug-likeness (QED) is 0.644. The largest absolute Gasteiger partial charge is 0.448 e. The van der Waals surface area contributed by atoms with Crippen LogP contribution in [0.3, 0.4) is 0 Å². The van der Waals surface area contributed by atoms with Gasteiger partial charge in [-0.1, -0.05) is 12.1 Å². The van der Waals surface area contributed by atoms with Crippen molar-refractivity contribution >= 4 is 28.3 Å². The Labute approximate surface area is 162 Å². The van der Waals surface area contributed by atoms with Crippen LogP contribution in [0.4, 0.5) is 10.1 Å². The highest BCUT2D eigenvalue weighted by Crippen LogP contribution is 2.28. The Bertz CT molecular complexity index is 1050. The summed E-state index contributed by atoms with van der Waals surface area (Å²) in [6.07, 6.45) is 0. The summed E-state index contributed by atoms with van der Waals surface area (Å²) >= 11 is 0. The van der Waals surface area contributed by atoms with E-state index in [1.54, 1.807) is 30.9 Å². The predicted molar refractivity (Wildman–Crippen MR) is 105 cm³/mol. The first-order valence-corrected chi connectivity index (χ1v) is 9.28. The summed E-state index contributed by atoms with van der Waals surface area (Å²) in [5.41, 5.74) is 2.51. The summed E-state index contributed by atoms with van der Waals surface area (Å²) < 4.78 is 19.5. The molecule has 0 radical (unpaired) electrons. The highest BCUT2D eigenvalue weighted by atomic mass is 19.1. The summed E-state index contributed by atoms with van der Waals surface area (Å²) in [6, 6.07) is 12.2. The molecule has 1 aromatic heterocycles. The van der Waals surface area contributed by atoms with Crippen molar-refractivity contribution in [2.24, 2.45) is 0 Å². The molecule has 0 saturated carbocycles. The topological polar surface area (TPSA) is 53.8 Å². The zero-order valence-electron chi connectivity index (χ0n) is 15.9. The van der Waals surface area contributed by atoms with Crippen LogP contribution in [0.1, 0.15) is 33.4 Å². The number of halogens is 1. The molecule has 4 rings (SSSR count). The summed E-state index contributed by atoms with van der Waals surface area (Å²) in [7, 11) is 0. The minimum absolute atomic E-state index is 0.0413. The average molecular weight is 380 g/mol. The van der Waals surface area contributed by atoms with Crippen molar-refractivity contribution in [2.45, 2.75) is 13.8 Å². The van der Waals surface area contributed by atoms with Gasteiger partial charge < -0.3 is 14.2 Å². The van der Waals surface area contributed by atoms with Gasteiger partial charge in [0.2, 0.25) is 0 Å². The lowest BCUT2D eigenvalue weighted by atomic mass is 10.1. The maximum absolute atomic E-state index is 14.0. The van der Waals surface area contributed by atoms with Gasteiger partial charge in [0.05, 0.1) is 0 Å². The van der Waals surface area contributed by atoms with Crippen molar-refractivity contribution in [3.8, 4) is 0 Å². The Kier molecular flexibility index (Phi) is 4.63.